The molecule has 0 atom stereocenters. The average Bonchev–Trinajstić information content (AvgIpc) is 3.18. The zero-order valence-electron chi connectivity index (χ0n) is 16.1. The molecule has 0 radical (unpaired) electrons. The van der Waals surface area contributed by atoms with Crippen molar-refractivity contribution in [1.29, 1.82) is 0 Å². The summed E-state index contributed by atoms with van der Waals surface area (Å²) >= 11 is 1.18. The van der Waals surface area contributed by atoms with Gasteiger partial charge in [0.25, 0.3) is 0 Å². The molecule has 0 bridgehead atoms. The van der Waals surface area contributed by atoms with Gasteiger partial charge in [0.1, 0.15) is 0 Å². The first-order valence-electron chi connectivity index (χ1n) is 8.36. The van der Waals surface area contributed by atoms with Gasteiger partial charge in [-0.05, 0) is 18.5 Å². The van der Waals surface area contributed by atoms with Crippen molar-refractivity contribution in [1.82, 2.24) is 23.8 Å². The van der Waals surface area contributed by atoms with Gasteiger partial charge in [-0.15, -0.1) is 10.2 Å². The molecule has 0 unspecified atom stereocenters. The highest BCUT2D eigenvalue weighted by Crippen LogP contribution is 2.40. The molecule has 3 aromatic heterocycles. The largest absolute Gasteiger partial charge is 0.247 e. The first kappa shape index (κ1) is 18.2. The zero-order valence-corrected chi connectivity index (χ0v) is 16.9. The Morgan fingerprint density at radius 3 is 2.46 bits per heavy atom. The Hall–Kier alpha value is -2.60. The minimum Gasteiger partial charge on any atom is -0.247 e. The zero-order chi connectivity index (χ0) is 19.2. The minimum atomic E-state index is -0.207. The maximum Gasteiger partial charge on any atom is 0.247 e. The van der Waals surface area contributed by atoms with Gasteiger partial charge in [0.15, 0.2) is 22.2 Å². The molecule has 0 fully saturated rings. The lowest BCUT2D eigenvalue weighted by Crippen LogP contribution is -2.13. The van der Waals surface area contributed by atoms with Crippen LogP contribution in [0.3, 0.4) is 0 Å². The van der Waals surface area contributed by atoms with Crippen molar-refractivity contribution >= 4 is 33.6 Å². The monoisotopic (exact) mass is 370 g/mol. The topological polar surface area (TPSA) is 77.1 Å². The van der Waals surface area contributed by atoms with E-state index in [4.69, 9.17) is 11.7 Å². The summed E-state index contributed by atoms with van der Waals surface area (Å²) in [4.78, 5) is 3.51. The average molecular weight is 370 g/mol. The Bertz CT molecular complexity index is 1040. The lowest BCUT2D eigenvalue weighted by molar-refractivity contribution is 0.558. The summed E-state index contributed by atoms with van der Waals surface area (Å²) in [6.07, 6.45) is 0. The Labute approximate surface area is 156 Å². The van der Waals surface area contributed by atoms with Gasteiger partial charge >= 0.3 is 0 Å². The second kappa shape index (κ2) is 6.29. The summed E-state index contributed by atoms with van der Waals surface area (Å²) in [6.45, 7) is 19.6. The van der Waals surface area contributed by atoms with E-state index in [9.17, 15) is 0 Å². The van der Waals surface area contributed by atoms with Crippen molar-refractivity contribution < 1.29 is 0 Å². The highest BCUT2D eigenvalue weighted by molar-refractivity contribution is 7.10. The third-order valence-electron chi connectivity index (χ3n) is 4.01. The van der Waals surface area contributed by atoms with Gasteiger partial charge in [-0.3, -0.25) is 0 Å². The number of azo groups is 1. The standard InChI is InChI=1S/C17H22N8S/c1-9(2)14-22-24(8)16-12(13(17(4,5)6)21-25(14)16)19-20-15-11(18-7)10(3)23-26-15/h9H,1-6,8H3. The quantitative estimate of drug-likeness (QED) is 0.468. The molecule has 8 nitrogen and oxygen atoms in total. The lowest BCUT2D eigenvalue weighted by atomic mass is 9.91. The molecule has 0 saturated carbocycles. The summed E-state index contributed by atoms with van der Waals surface area (Å²) in [7, 11) is 1.88. The molecule has 0 aromatic carbocycles. The fourth-order valence-corrected chi connectivity index (χ4v) is 3.36. The van der Waals surface area contributed by atoms with Crippen molar-refractivity contribution in [2.24, 2.45) is 17.3 Å². The fourth-order valence-electron chi connectivity index (χ4n) is 2.69. The minimum absolute atomic E-state index is 0.207. The highest BCUT2D eigenvalue weighted by atomic mass is 32.1. The molecule has 0 spiro atoms. The molecule has 0 aliphatic rings. The maximum absolute atomic E-state index is 7.31. The van der Waals surface area contributed by atoms with Crippen LogP contribution in [0.15, 0.2) is 10.2 Å². The predicted octanol–water partition coefficient (Wildman–Crippen LogP) is 5.22. The van der Waals surface area contributed by atoms with E-state index in [2.05, 4.69) is 59.2 Å². The van der Waals surface area contributed by atoms with Gasteiger partial charge in [0.05, 0.1) is 18.0 Å². The van der Waals surface area contributed by atoms with Crippen LogP contribution in [0.5, 0.6) is 0 Å². The van der Waals surface area contributed by atoms with Gasteiger partial charge in [-0.25, -0.2) is 13.9 Å². The molecule has 3 aromatic rings. The number of hydrogen-bond donors (Lipinski definition) is 0. The SMILES string of the molecule is [C-]#[N+]c1c(C)nsc1N=Nc1c(C(C)(C)C)nn2c(C(C)C)nn(C)c12. The van der Waals surface area contributed by atoms with E-state index in [1.807, 2.05) is 11.6 Å². The van der Waals surface area contributed by atoms with Gasteiger partial charge in [0, 0.05) is 18.4 Å². The van der Waals surface area contributed by atoms with Crippen LogP contribution in [0.4, 0.5) is 16.4 Å². The van der Waals surface area contributed by atoms with Gasteiger partial charge in [0.2, 0.25) is 5.69 Å². The van der Waals surface area contributed by atoms with E-state index in [0.717, 1.165) is 17.2 Å². The van der Waals surface area contributed by atoms with Crippen LogP contribution in [0, 0.1) is 13.5 Å². The number of hydrogen-bond acceptors (Lipinski definition) is 6. The lowest BCUT2D eigenvalue weighted by Gasteiger charge is -2.15. The number of aromatic nitrogens is 5. The Morgan fingerprint density at radius 1 is 1.19 bits per heavy atom. The smallest absolute Gasteiger partial charge is 0.247 e. The molecule has 26 heavy (non-hydrogen) atoms. The van der Waals surface area contributed by atoms with Crippen LogP contribution in [0.25, 0.3) is 10.5 Å². The van der Waals surface area contributed by atoms with Gasteiger partial charge in [-0.2, -0.15) is 14.7 Å². The number of rotatable bonds is 3. The van der Waals surface area contributed by atoms with Crippen molar-refractivity contribution in [3.05, 3.63) is 28.6 Å². The summed E-state index contributed by atoms with van der Waals surface area (Å²) < 4.78 is 7.85. The molecule has 0 aliphatic carbocycles. The number of aryl methyl sites for hydroxylation is 2. The summed E-state index contributed by atoms with van der Waals surface area (Å²) in [6, 6.07) is 0. The molecule has 3 heterocycles. The van der Waals surface area contributed by atoms with Crippen molar-refractivity contribution in [2.75, 3.05) is 0 Å². The van der Waals surface area contributed by atoms with Crippen LogP contribution in [-0.4, -0.2) is 23.8 Å². The summed E-state index contributed by atoms with van der Waals surface area (Å²) in [5.41, 5.74) is 3.25. The van der Waals surface area contributed by atoms with Crippen molar-refractivity contribution in [2.45, 2.75) is 52.9 Å². The van der Waals surface area contributed by atoms with Crippen LogP contribution in [-0.2, 0) is 12.5 Å². The highest BCUT2D eigenvalue weighted by Gasteiger charge is 2.28. The second-order valence-electron chi connectivity index (χ2n) is 7.55. The maximum atomic E-state index is 7.31. The van der Waals surface area contributed by atoms with Crippen LogP contribution < -0.4 is 0 Å². The van der Waals surface area contributed by atoms with Crippen LogP contribution in [0.1, 0.15) is 57.7 Å². The van der Waals surface area contributed by atoms with E-state index in [1.54, 1.807) is 11.6 Å². The van der Waals surface area contributed by atoms with Crippen LogP contribution >= 0.6 is 11.5 Å². The molecular weight excluding hydrogens is 348 g/mol. The van der Waals surface area contributed by atoms with E-state index < -0.39 is 0 Å². The van der Waals surface area contributed by atoms with E-state index >= 15 is 0 Å². The van der Waals surface area contributed by atoms with E-state index in [1.165, 1.54) is 11.5 Å². The summed E-state index contributed by atoms with van der Waals surface area (Å²) in [5, 5.41) is 18.7. The van der Waals surface area contributed by atoms with E-state index in [-0.39, 0.29) is 11.3 Å². The number of fused-ring (bicyclic) bond motifs is 1. The molecule has 9 heteroatoms. The molecule has 0 saturated heterocycles. The predicted molar refractivity (Wildman–Crippen MR) is 102 cm³/mol. The third kappa shape index (κ3) is 2.90. The second-order valence-corrected chi connectivity index (χ2v) is 8.30. The molecule has 0 aliphatic heterocycles. The molecule has 3 rings (SSSR count). The van der Waals surface area contributed by atoms with Crippen molar-refractivity contribution in [3.8, 4) is 0 Å². The third-order valence-corrected chi connectivity index (χ3v) is 4.82. The first-order valence-corrected chi connectivity index (χ1v) is 9.14. The fraction of sp³-hybridized carbons (Fsp3) is 0.529. The van der Waals surface area contributed by atoms with Gasteiger partial charge < -0.3 is 0 Å². The number of nitrogens with zero attached hydrogens (tertiary/aromatic N) is 8. The Kier molecular flexibility index (Phi) is 4.40. The van der Waals surface area contributed by atoms with Crippen molar-refractivity contribution in [3.63, 3.8) is 0 Å². The molecular formula is C17H22N8S. The Morgan fingerprint density at radius 2 is 1.88 bits per heavy atom. The van der Waals surface area contributed by atoms with E-state index in [0.29, 0.717) is 22.1 Å². The molecule has 0 N–H and O–H groups in total. The summed E-state index contributed by atoms with van der Waals surface area (Å²) in [5.74, 6) is 1.11. The normalized spacial score (nSPS) is 12.6. The molecule has 0 amide bonds. The van der Waals surface area contributed by atoms with Crippen LogP contribution in [0.2, 0.25) is 0 Å². The Balaban J connectivity index is 2.23. The molecule has 136 valence electrons. The first-order chi connectivity index (χ1) is 12.1. The van der Waals surface area contributed by atoms with Gasteiger partial charge in [-0.1, -0.05) is 34.6 Å².